The van der Waals surface area contributed by atoms with Gasteiger partial charge in [-0.1, -0.05) is 17.8 Å². The molecule has 1 amide bonds. The summed E-state index contributed by atoms with van der Waals surface area (Å²) in [5.41, 5.74) is 7.20. The molecule has 1 aromatic heterocycles. The summed E-state index contributed by atoms with van der Waals surface area (Å²) < 4.78 is 5.56. The summed E-state index contributed by atoms with van der Waals surface area (Å²) >= 11 is 1.35. The molecule has 1 saturated carbocycles. The Morgan fingerprint density at radius 2 is 2.25 bits per heavy atom. The van der Waals surface area contributed by atoms with Crippen LogP contribution >= 0.6 is 11.3 Å². The molecule has 2 aromatic rings. The number of benzene rings is 1. The average Bonchev–Trinajstić information content (AvgIpc) is 2.95. The molecule has 0 radical (unpaired) electrons. The highest BCUT2D eigenvalue weighted by atomic mass is 32.1. The molecular formula is C17H21N3O3S. The Morgan fingerprint density at radius 3 is 3.00 bits per heavy atom. The van der Waals surface area contributed by atoms with Gasteiger partial charge in [-0.3, -0.25) is 4.79 Å². The molecule has 0 unspecified atom stereocenters. The zero-order valence-corrected chi connectivity index (χ0v) is 14.4. The number of rotatable bonds is 4. The van der Waals surface area contributed by atoms with Crippen molar-refractivity contribution in [2.45, 2.75) is 38.1 Å². The van der Waals surface area contributed by atoms with E-state index in [-0.39, 0.29) is 17.9 Å². The minimum atomic E-state index is -0.385. The molecule has 1 aliphatic rings. The van der Waals surface area contributed by atoms with Gasteiger partial charge in [0, 0.05) is 12.5 Å². The van der Waals surface area contributed by atoms with Gasteiger partial charge >= 0.3 is 5.97 Å². The summed E-state index contributed by atoms with van der Waals surface area (Å²) in [5.74, 6) is -0.0556. The number of nitrogens with one attached hydrogen (secondary N) is 1. The molecule has 3 N–H and O–H groups in total. The van der Waals surface area contributed by atoms with Crippen LogP contribution in [0.25, 0.3) is 10.2 Å². The monoisotopic (exact) mass is 347 g/mol. The summed E-state index contributed by atoms with van der Waals surface area (Å²) in [6.45, 7) is 0. The SMILES string of the molecule is COC(=O)c1ccc2nc(NC(=O)C[C@@H]3CCC[C@@H](N)C3)sc2c1. The predicted molar refractivity (Wildman–Crippen MR) is 94.1 cm³/mol. The van der Waals surface area contributed by atoms with Crippen LogP contribution in [0.15, 0.2) is 18.2 Å². The normalized spacial score (nSPS) is 20.8. The zero-order valence-electron chi connectivity index (χ0n) is 13.6. The number of methoxy groups -OCH3 is 1. The number of thiazole rings is 1. The van der Waals surface area contributed by atoms with E-state index in [9.17, 15) is 9.59 Å². The molecule has 1 aliphatic carbocycles. The molecule has 3 rings (SSSR count). The van der Waals surface area contributed by atoms with Gasteiger partial charge in [-0.05, 0) is 43.4 Å². The van der Waals surface area contributed by atoms with E-state index in [0.717, 1.165) is 35.9 Å². The van der Waals surface area contributed by atoms with Gasteiger partial charge in [0.25, 0.3) is 0 Å². The summed E-state index contributed by atoms with van der Waals surface area (Å²) in [4.78, 5) is 28.2. The molecule has 0 saturated heterocycles. The Bertz CT molecular complexity index is 759. The second kappa shape index (κ2) is 7.27. The fraction of sp³-hybridized carbons (Fsp3) is 0.471. The van der Waals surface area contributed by atoms with Crippen molar-refractivity contribution in [3.8, 4) is 0 Å². The van der Waals surface area contributed by atoms with Crippen molar-refractivity contribution < 1.29 is 14.3 Å². The van der Waals surface area contributed by atoms with Crippen molar-refractivity contribution in [2.75, 3.05) is 12.4 Å². The number of hydrogen-bond donors (Lipinski definition) is 2. The quantitative estimate of drug-likeness (QED) is 0.829. The highest BCUT2D eigenvalue weighted by molar-refractivity contribution is 7.22. The maximum absolute atomic E-state index is 12.2. The Labute approximate surface area is 144 Å². The lowest BCUT2D eigenvalue weighted by Gasteiger charge is -2.25. The van der Waals surface area contributed by atoms with Crippen LogP contribution in [0, 0.1) is 5.92 Å². The summed E-state index contributed by atoms with van der Waals surface area (Å²) in [7, 11) is 1.35. The number of esters is 1. The van der Waals surface area contributed by atoms with Gasteiger partial charge in [-0.2, -0.15) is 0 Å². The minimum absolute atomic E-state index is 0.0265. The lowest BCUT2D eigenvalue weighted by molar-refractivity contribution is -0.117. The molecule has 0 aliphatic heterocycles. The third-order valence-electron chi connectivity index (χ3n) is 4.35. The smallest absolute Gasteiger partial charge is 0.337 e. The summed E-state index contributed by atoms with van der Waals surface area (Å²) in [6.07, 6.45) is 4.60. The van der Waals surface area contributed by atoms with Crippen LogP contribution in [0.2, 0.25) is 0 Å². The topological polar surface area (TPSA) is 94.3 Å². The lowest BCUT2D eigenvalue weighted by atomic mass is 9.84. The summed E-state index contributed by atoms with van der Waals surface area (Å²) in [6, 6.07) is 5.38. The number of nitrogens with two attached hydrogens (primary N) is 1. The van der Waals surface area contributed by atoms with Gasteiger partial charge in [0.2, 0.25) is 5.91 Å². The van der Waals surface area contributed by atoms with Crippen LogP contribution in [0.1, 0.15) is 42.5 Å². The van der Waals surface area contributed by atoms with Crippen molar-refractivity contribution in [1.82, 2.24) is 4.98 Å². The van der Waals surface area contributed by atoms with E-state index < -0.39 is 0 Å². The number of anilines is 1. The van der Waals surface area contributed by atoms with Crippen LogP contribution in [-0.4, -0.2) is 30.0 Å². The lowest BCUT2D eigenvalue weighted by Crippen LogP contribution is -2.29. The molecule has 128 valence electrons. The largest absolute Gasteiger partial charge is 0.465 e. The van der Waals surface area contributed by atoms with Crippen molar-refractivity contribution in [3.63, 3.8) is 0 Å². The van der Waals surface area contributed by atoms with Gasteiger partial charge < -0.3 is 15.8 Å². The maximum Gasteiger partial charge on any atom is 0.337 e. The summed E-state index contributed by atoms with van der Waals surface area (Å²) in [5, 5.41) is 3.42. The Hall–Kier alpha value is -1.99. The standard InChI is InChI=1S/C17H21N3O3S/c1-23-16(22)11-5-6-13-14(9-11)24-17(19-13)20-15(21)8-10-3-2-4-12(18)7-10/h5-6,9-10,12H,2-4,7-8,18H2,1H3,(H,19,20,21)/t10-,12-/m1/s1. The van der Waals surface area contributed by atoms with Crippen molar-refractivity contribution in [1.29, 1.82) is 0 Å². The highest BCUT2D eigenvalue weighted by Crippen LogP contribution is 2.29. The van der Waals surface area contributed by atoms with Crippen LogP contribution in [0.5, 0.6) is 0 Å². The van der Waals surface area contributed by atoms with E-state index in [4.69, 9.17) is 10.5 Å². The van der Waals surface area contributed by atoms with Crippen LogP contribution in [0.3, 0.4) is 0 Å². The first-order valence-corrected chi connectivity index (χ1v) is 8.91. The number of fused-ring (bicyclic) bond motifs is 1. The molecule has 6 nitrogen and oxygen atoms in total. The van der Waals surface area contributed by atoms with Crippen LogP contribution < -0.4 is 11.1 Å². The highest BCUT2D eigenvalue weighted by Gasteiger charge is 2.22. The Balaban J connectivity index is 1.66. The fourth-order valence-corrected chi connectivity index (χ4v) is 4.09. The second-order valence-corrected chi connectivity index (χ2v) is 7.27. The molecule has 1 heterocycles. The molecular weight excluding hydrogens is 326 g/mol. The predicted octanol–water partition coefficient (Wildman–Crippen LogP) is 2.93. The molecule has 7 heteroatoms. The van der Waals surface area contributed by atoms with E-state index in [1.807, 2.05) is 0 Å². The van der Waals surface area contributed by atoms with E-state index >= 15 is 0 Å². The van der Waals surface area contributed by atoms with Gasteiger partial charge in [0.05, 0.1) is 22.9 Å². The van der Waals surface area contributed by atoms with Gasteiger partial charge in [0.1, 0.15) is 0 Å². The first-order chi connectivity index (χ1) is 11.5. The van der Waals surface area contributed by atoms with Crippen LogP contribution in [0.4, 0.5) is 5.13 Å². The second-order valence-electron chi connectivity index (χ2n) is 6.24. The molecule has 0 bridgehead atoms. The van der Waals surface area contributed by atoms with Gasteiger partial charge in [-0.15, -0.1) is 0 Å². The molecule has 24 heavy (non-hydrogen) atoms. The van der Waals surface area contributed by atoms with Gasteiger partial charge in [-0.25, -0.2) is 9.78 Å². The molecule has 2 atom stereocenters. The number of amides is 1. The molecule has 1 fully saturated rings. The van der Waals surface area contributed by atoms with E-state index in [2.05, 4.69) is 10.3 Å². The van der Waals surface area contributed by atoms with E-state index in [1.54, 1.807) is 18.2 Å². The maximum atomic E-state index is 12.2. The van der Waals surface area contributed by atoms with E-state index in [1.165, 1.54) is 18.4 Å². The minimum Gasteiger partial charge on any atom is -0.465 e. The average molecular weight is 347 g/mol. The third-order valence-corrected chi connectivity index (χ3v) is 5.29. The number of carbonyl (C=O) groups excluding carboxylic acids is 2. The Kier molecular flexibility index (Phi) is 5.11. The fourth-order valence-electron chi connectivity index (χ4n) is 3.17. The van der Waals surface area contributed by atoms with Crippen molar-refractivity contribution in [3.05, 3.63) is 23.8 Å². The first kappa shape index (κ1) is 16.9. The van der Waals surface area contributed by atoms with Crippen molar-refractivity contribution >= 4 is 38.6 Å². The molecule has 1 aromatic carbocycles. The number of nitrogens with zero attached hydrogens (tertiary/aromatic N) is 1. The number of aromatic nitrogens is 1. The number of carbonyl (C=O) groups is 2. The van der Waals surface area contributed by atoms with Crippen LogP contribution in [-0.2, 0) is 9.53 Å². The first-order valence-electron chi connectivity index (χ1n) is 8.09. The Morgan fingerprint density at radius 1 is 1.42 bits per heavy atom. The number of hydrogen-bond acceptors (Lipinski definition) is 6. The van der Waals surface area contributed by atoms with Crippen molar-refractivity contribution in [2.24, 2.45) is 11.7 Å². The zero-order chi connectivity index (χ0) is 17.1. The molecule has 0 spiro atoms. The van der Waals surface area contributed by atoms with E-state index in [0.29, 0.717) is 23.0 Å². The third kappa shape index (κ3) is 3.91. The number of ether oxygens (including phenoxy) is 1. The van der Waals surface area contributed by atoms with Gasteiger partial charge in [0.15, 0.2) is 5.13 Å².